The third-order valence-corrected chi connectivity index (χ3v) is 1.86. The number of carbonyl (C=O) groups is 2. The molecule has 0 bridgehead atoms. The van der Waals surface area contributed by atoms with Crippen LogP contribution in [0.15, 0.2) is 12.1 Å². The molecule has 5 heteroatoms. The minimum atomic E-state index is -0.931. The number of benzene rings is 1. The normalized spacial score (nSPS) is 9.31. The van der Waals surface area contributed by atoms with Crippen LogP contribution in [0.25, 0.3) is 0 Å². The summed E-state index contributed by atoms with van der Waals surface area (Å²) in [5.74, 6) is -1.84. The van der Waals surface area contributed by atoms with Crippen LogP contribution in [0.4, 0.5) is 4.39 Å². The summed E-state index contributed by atoms with van der Waals surface area (Å²) in [5.41, 5.74) is -0.640. The first-order chi connectivity index (χ1) is 7.63. The highest BCUT2D eigenvalue weighted by Crippen LogP contribution is 2.16. The molecule has 1 aromatic carbocycles. The highest BCUT2D eigenvalue weighted by atomic mass is 19.1. The first kappa shape index (κ1) is 11.9. The minimum Gasteiger partial charge on any atom is -0.462 e. The molecular weight excluding hydrogens is 213 g/mol. The van der Waals surface area contributed by atoms with Gasteiger partial charge in [-0.3, -0.25) is 4.79 Å². The summed E-state index contributed by atoms with van der Waals surface area (Å²) in [5, 5.41) is 8.57. The van der Waals surface area contributed by atoms with Gasteiger partial charge in [-0.05, 0) is 19.1 Å². The molecule has 0 aliphatic heterocycles. The average molecular weight is 221 g/mol. The highest BCUT2D eigenvalue weighted by molar-refractivity contribution is 5.98. The maximum atomic E-state index is 13.4. The molecule has 0 spiro atoms. The van der Waals surface area contributed by atoms with Gasteiger partial charge in [-0.2, -0.15) is 5.26 Å². The molecule has 0 heterocycles. The molecule has 82 valence electrons. The van der Waals surface area contributed by atoms with Crippen molar-refractivity contribution in [1.82, 2.24) is 0 Å². The van der Waals surface area contributed by atoms with Gasteiger partial charge in [0.25, 0.3) is 0 Å². The standard InChI is InChI=1S/C11H8FNO3/c1-2-16-11(15)10-8(6-14)3-7(5-13)4-9(10)12/h3-4,6H,2H2,1H3. The molecule has 4 nitrogen and oxygen atoms in total. The summed E-state index contributed by atoms with van der Waals surface area (Å²) in [6.45, 7) is 1.65. The van der Waals surface area contributed by atoms with E-state index in [1.54, 1.807) is 13.0 Å². The summed E-state index contributed by atoms with van der Waals surface area (Å²) >= 11 is 0. The first-order valence-corrected chi connectivity index (χ1v) is 4.50. The minimum absolute atomic E-state index is 0.0207. The molecule has 16 heavy (non-hydrogen) atoms. The number of esters is 1. The fraction of sp³-hybridized carbons (Fsp3) is 0.182. The van der Waals surface area contributed by atoms with Gasteiger partial charge in [0.1, 0.15) is 11.4 Å². The zero-order valence-electron chi connectivity index (χ0n) is 8.49. The summed E-state index contributed by atoms with van der Waals surface area (Å²) in [6.07, 6.45) is 0.316. The summed E-state index contributed by atoms with van der Waals surface area (Å²) in [4.78, 5) is 22.0. The molecule has 0 aliphatic rings. The number of nitrogens with zero attached hydrogens (tertiary/aromatic N) is 1. The molecule has 0 saturated carbocycles. The van der Waals surface area contributed by atoms with E-state index in [2.05, 4.69) is 4.74 Å². The van der Waals surface area contributed by atoms with Gasteiger partial charge in [-0.1, -0.05) is 0 Å². The van der Waals surface area contributed by atoms with Crippen molar-refractivity contribution in [2.24, 2.45) is 0 Å². The Morgan fingerprint density at radius 1 is 1.62 bits per heavy atom. The van der Waals surface area contributed by atoms with E-state index < -0.39 is 17.3 Å². The first-order valence-electron chi connectivity index (χ1n) is 4.50. The Morgan fingerprint density at radius 2 is 2.31 bits per heavy atom. The van der Waals surface area contributed by atoms with Crippen molar-refractivity contribution >= 4 is 12.3 Å². The van der Waals surface area contributed by atoms with Gasteiger partial charge in [-0.15, -0.1) is 0 Å². The van der Waals surface area contributed by atoms with E-state index in [1.165, 1.54) is 0 Å². The largest absolute Gasteiger partial charge is 0.462 e. The number of carbonyl (C=O) groups excluding carboxylic acids is 2. The molecule has 1 aromatic rings. The molecule has 0 aliphatic carbocycles. The van der Waals surface area contributed by atoms with E-state index in [1.807, 2.05) is 0 Å². The molecular formula is C11H8FNO3. The van der Waals surface area contributed by atoms with Crippen molar-refractivity contribution in [3.05, 3.63) is 34.6 Å². The Morgan fingerprint density at radius 3 is 2.81 bits per heavy atom. The molecule has 0 amide bonds. The van der Waals surface area contributed by atoms with Gasteiger partial charge in [0.05, 0.1) is 18.2 Å². The Labute approximate surface area is 91.3 Å². The van der Waals surface area contributed by atoms with Gasteiger partial charge < -0.3 is 4.74 Å². The predicted octanol–water partition coefficient (Wildman–Crippen LogP) is 1.69. The number of ether oxygens (including phenoxy) is 1. The van der Waals surface area contributed by atoms with Crippen LogP contribution in [0, 0.1) is 17.1 Å². The number of rotatable bonds is 3. The predicted molar refractivity (Wildman–Crippen MR) is 52.5 cm³/mol. The zero-order chi connectivity index (χ0) is 12.1. The third kappa shape index (κ3) is 2.23. The maximum Gasteiger partial charge on any atom is 0.341 e. The third-order valence-electron chi connectivity index (χ3n) is 1.86. The second kappa shape index (κ2) is 5.03. The lowest BCUT2D eigenvalue weighted by Gasteiger charge is -2.05. The van der Waals surface area contributed by atoms with Crippen LogP contribution in [0.3, 0.4) is 0 Å². The second-order valence-electron chi connectivity index (χ2n) is 2.87. The van der Waals surface area contributed by atoms with Gasteiger partial charge in [0, 0.05) is 5.56 Å². The number of halogens is 1. The Hall–Kier alpha value is -2.22. The van der Waals surface area contributed by atoms with Gasteiger partial charge in [-0.25, -0.2) is 9.18 Å². The number of hydrogen-bond acceptors (Lipinski definition) is 4. The maximum absolute atomic E-state index is 13.4. The van der Waals surface area contributed by atoms with Crippen LogP contribution in [0.5, 0.6) is 0 Å². The number of aldehydes is 1. The van der Waals surface area contributed by atoms with Crippen LogP contribution in [0.1, 0.15) is 33.2 Å². The summed E-state index contributed by atoms with van der Waals surface area (Å²) in [6, 6.07) is 3.72. The lowest BCUT2D eigenvalue weighted by Crippen LogP contribution is -2.11. The molecule has 0 atom stereocenters. The second-order valence-corrected chi connectivity index (χ2v) is 2.87. The molecule has 0 fully saturated rings. The van der Waals surface area contributed by atoms with Crippen molar-refractivity contribution in [3.63, 3.8) is 0 Å². The topological polar surface area (TPSA) is 67.2 Å². The fourth-order valence-electron chi connectivity index (χ4n) is 1.20. The van der Waals surface area contributed by atoms with Crippen LogP contribution >= 0.6 is 0 Å². The Bertz CT molecular complexity index is 477. The van der Waals surface area contributed by atoms with Crippen molar-refractivity contribution in [2.45, 2.75) is 6.92 Å². The molecule has 0 unspecified atom stereocenters. The molecule has 0 radical (unpaired) electrons. The quantitative estimate of drug-likeness (QED) is 0.575. The highest BCUT2D eigenvalue weighted by Gasteiger charge is 2.19. The molecule has 0 saturated heterocycles. The zero-order valence-corrected chi connectivity index (χ0v) is 8.49. The van der Waals surface area contributed by atoms with Crippen molar-refractivity contribution in [3.8, 4) is 6.07 Å². The number of nitriles is 1. The summed E-state index contributed by atoms with van der Waals surface area (Å²) in [7, 11) is 0. The van der Waals surface area contributed by atoms with Crippen molar-refractivity contribution < 1.29 is 18.7 Å². The number of hydrogen-bond donors (Lipinski definition) is 0. The van der Waals surface area contributed by atoms with Crippen LogP contribution < -0.4 is 0 Å². The van der Waals surface area contributed by atoms with Crippen molar-refractivity contribution in [2.75, 3.05) is 6.61 Å². The lowest BCUT2D eigenvalue weighted by molar-refractivity contribution is 0.0519. The van der Waals surface area contributed by atoms with E-state index in [0.717, 1.165) is 12.1 Å². The van der Waals surface area contributed by atoms with E-state index in [0.29, 0.717) is 6.29 Å². The van der Waals surface area contributed by atoms with Gasteiger partial charge >= 0.3 is 5.97 Å². The molecule has 0 N–H and O–H groups in total. The van der Waals surface area contributed by atoms with Gasteiger partial charge in [0.2, 0.25) is 0 Å². The SMILES string of the molecule is CCOC(=O)c1c(F)cc(C#N)cc1C=O. The van der Waals surface area contributed by atoms with E-state index in [9.17, 15) is 14.0 Å². The average Bonchev–Trinajstić information content (AvgIpc) is 2.27. The molecule has 1 rings (SSSR count). The van der Waals surface area contributed by atoms with Crippen LogP contribution in [0.2, 0.25) is 0 Å². The Kier molecular flexibility index (Phi) is 3.72. The van der Waals surface area contributed by atoms with E-state index in [4.69, 9.17) is 5.26 Å². The fourth-order valence-corrected chi connectivity index (χ4v) is 1.20. The van der Waals surface area contributed by atoms with E-state index in [-0.39, 0.29) is 17.7 Å². The van der Waals surface area contributed by atoms with Gasteiger partial charge in [0.15, 0.2) is 6.29 Å². The van der Waals surface area contributed by atoms with Crippen molar-refractivity contribution in [1.29, 1.82) is 5.26 Å². The van der Waals surface area contributed by atoms with E-state index >= 15 is 0 Å². The Balaban J connectivity index is 3.33. The van der Waals surface area contributed by atoms with Crippen LogP contribution in [-0.4, -0.2) is 18.9 Å². The van der Waals surface area contributed by atoms with Crippen LogP contribution in [-0.2, 0) is 4.74 Å². The monoisotopic (exact) mass is 221 g/mol. The lowest BCUT2D eigenvalue weighted by atomic mass is 10.0. The smallest absolute Gasteiger partial charge is 0.341 e. The molecule has 0 aromatic heterocycles. The summed E-state index contributed by atoms with van der Waals surface area (Å²) < 4.78 is 18.1.